The molecular weight excluding hydrogens is 388 g/mol. The van der Waals surface area contributed by atoms with Crippen LogP contribution in [0.3, 0.4) is 0 Å². The fraction of sp³-hybridized carbons (Fsp3) is 0.304. The Labute approximate surface area is 173 Å². The van der Waals surface area contributed by atoms with Gasteiger partial charge < -0.3 is 15.0 Å². The molecule has 5 nitrogen and oxygen atoms in total. The lowest BCUT2D eigenvalue weighted by atomic mass is 9.75. The lowest BCUT2D eigenvalue weighted by Gasteiger charge is -2.42. The number of halogens is 2. The lowest BCUT2D eigenvalue weighted by molar-refractivity contribution is 0.0268. The summed E-state index contributed by atoms with van der Waals surface area (Å²) in [6.45, 7) is 0.665. The first-order valence-electron chi connectivity index (χ1n) is 9.94. The van der Waals surface area contributed by atoms with Gasteiger partial charge in [0.15, 0.2) is 0 Å². The molecule has 0 saturated carbocycles. The first-order chi connectivity index (χ1) is 14.5. The Bertz CT molecular complexity index is 1040. The molecule has 1 aliphatic rings. The first-order valence-corrected chi connectivity index (χ1v) is 9.94. The predicted octanol–water partition coefficient (Wildman–Crippen LogP) is 3.81. The van der Waals surface area contributed by atoms with E-state index in [1.807, 2.05) is 12.1 Å². The Morgan fingerprint density at radius 1 is 1.23 bits per heavy atom. The van der Waals surface area contributed by atoms with Crippen LogP contribution in [0.4, 0.5) is 8.78 Å². The van der Waals surface area contributed by atoms with Gasteiger partial charge in [-0.05, 0) is 37.0 Å². The van der Waals surface area contributed by atoms with Gasteiger partial charge in [0.25, 0.3) is 5.91 Å². The molecule has 0 radical (unpaired) electrons. The molecule has 1 unspecified atom stereocenters. The zero-order chi connectivity index (χ0) is 21.1. The highest BCUT2D eigenvalue weighted by atomic mass is 19.1. The van der Waals surface area contributed by atoms with Gasteiger partial charge in [0, 0.05) is 42.5 Å². The highest BCUT2D eigenvalue weighted by Gasteiger charge is 2.38. The number of carbonyl (C=O) groups excluding carboxylic acids is 1. The second-order valence-corrected chi connectivity index (χ2v) is 7.88. The molecule has 2 aromatic carbocycles. The van der Waals surface area contributed by atoms with Crippen LogP contribution < -0.4 is 0 Å². The molecule has 7 heteroatoms. The Hall–Kier alpha value is -3.06. The number of aliphatic hydroxyl groups is 1. The number of hydrogen-bond acceptors (Lipinski definition) is 3. The summed E-state index contributed by atoms with van der Waals surface area (Å²) in [6, 6.07) is 10.7. The van der Waals surface area contributed by atoms with E-state index in [9.17, 15) is 18.7 Å². The fourth-order valence-electron chi connectivity index (χ4n) is 4.24. The van der Waals surface area contributed by atoms with E-state index in [-0.39, 0.29) is 18.9 Å². The number of aromatic nitrogens is 2. The van der Waals surface area contributed by atoms with Gasteiger partial charge in [-0.3, -0.25) is 4.79 Å². The fourth-order valence-corrected chi connectivity index (χ4v) is 4.24. The van der Waals surface area contributed by atoms with Crippen molar-refractivity contribution in [2.45, 2.75) is 19.3 Å². The Balaban J connectivity index is 1.60. The van der Waals surface area contributed by atoms with E-state index in [2.05, 4.69) is 9.97 Å². The van der Waals surface area contributed by atoms with E-state index < -0.39 is 17.0 Å². The summed E-state index contributed by atoms with van der Waals surface area (Å²) < 4.78 is 27.5. The minimum atomic E-state index is -0.674. The van der Waals surface area contributed by atoms with E-state index >= 15 is 0 Å². The maximum atomic E-state index is 14.2. The van der Waals surface area contributed by atoms with Crippen LogP contribution in [0.5, 0.6) is 0 Å². The number of carbonyl (C=O) groups is 1. The molecule has 0 bridgehead atoms. The van der Waals surface area contributed by atoms with Gasteiger partial charge in [-0.2, -0.15) is 0 Å². The number of hydrogen-bond donors (Lipinski definition) is 2. The summed E-state index contributed by atoms with van der Waals surface area (Å²) in [5, 5.41) is 10.2. The van der Waals surface area contributed by atoms with E-state index in [0.29, 0.717) is 48.4 Å². The largest absolute Gasteiger partial charge is 0.396 e. The van der Waals surface area contributed by atoms with Gasteiger partial charge in [-0.1, -0.05) is 24.3 Å². The van der Waals surface area contributed by atoms with Crippen molar-refractivity contribution in [2.75, 3.05) is 19.7 Å². The number of aliphatic hydroxyl groups excluding tert-OH is 1. The average molecular weight is 411 g/mol. The smallest absolute Gasteiger partial charge is 0.254 e. The Morgan fingerprint density at radius 2 is 2.07 bits per heavy atom. The Morgan fingerprint density at radius 3 is 2.80 bits per heavy atom. The standard InChI is InChI=1S/C23H23F2N3O2/c24-17-7-6-16(20(25)12-17)13-23(15-29)8-3-11-28(14-23)22(30)19-5-2-1-4-18(19)21-26-9-10-27-21/h1-2,4-7,9-10,12,29H,3,8,11,13-15H2,(H,26,27). The van der Waals surface area contributed by atoms with Crippen molar-refractivity contribution >= 4 is 5.91 Å². The van der Waals surface area contributed by atoms with Crippen LogP contribution in [0.25, 0.3) is 11.4 Å². The molecule has 1 aromatic heterocycles. The molecule has 2 heterocycles. The first kappa shape index (κ1) is 20.2. The highest BCUT2D eigenvalue weighted by Crippen LogP contribution is 2.35. The summed E-state index contributed by atoms with van der Waals surface area (Å²) in [5.74, 6) is -0.810. The van der Waals surface area contributed by atoms with Crippen molar-refractivity contribution in [1.29, 1.82) is 0 Å². The average Bonchev–Trinajstić information content (AvgIpc) is 3.30. The zero-order valence-corrected chi connectivity index (χ0v) is 16.4. The van der Waals surface area contributed by atoms with Gasteiger partial charge in [0.1, 0.15) is 17.5 Å². The number of aromatic amines is 1. The summed E-state index contributed by atoms with van der Waals surface area (Å²) in [6.07, 6.45) is 4.91. The number of benzene rings is 2. The van der Waals surface area contributed by atoms with Crippen LogP contribution >= 0.6 is 0 Å². The third-order valence-electron chi connectivity index (χ3n) is 5.78. The summed E-state index contributed by atoms with van der Waals surface area (Å²) in [5.41, 5.74) is 0.897. The van der Waals surface area contributed by atoms with Gasteiger partial charge >= 0.3 is 0 Å². The minimum Gasteiger partial charge on any atom is -0.396 e. The minimum absolute atomic E-state index is 0.154. The van der Waals surface area contributed by atoms with Crippen molar-refractivity contribution in [1.82, 2.24) is 14.9 Å². The lowest BCUT2D eigenvalue weighted by Crippen LogP contribution is -2.49. The number of piperidine rings is 1. The van der Waals surface area contributed by atoms with Gasteiger partial charge in [0.2, 0.25) is 0 Å². The summed E-state index contributed by atoms with van der Waals surface area (Å²) >= 11 is 0. The molecule has 156 valence electrons. The number of likely N-dealkylation sites (tertiary alicyclic amines) is 1. The van der Waals surface area contributed by atoms with Crippen molar-refractivity contribution in [3.05, 3.63) is 77.6 Å². The van der Waals surface area contributed by atoms with Crippen molar-refractivity contribution in [3.8, 4) is 11.4 Å². The predicted molar refractivity (Wildman–Crippen MR) is 109 cm³/mol. The summed E-state index contributed by atoms with van der Waals surface area (Å²) in [7, 11) is 0. The van der Waals surface area contributed by atoms with Crippen molar-refractivity contribution in [3.63, 3.8) is 0 Å². The number of rotatable bonds is 5. The van der Waals surface area contributed by atoms with Crippen LogP contribution in [0.1, 0.15) is 28.8 Å². The topological polar surface area (TPSA) is 69.2 Å². The van der Waals surface area contributed by atoms with Crippen LogP contribution in [-0.4, -0.2) is 45.6 Å². The molecule has 1 aliphatic heterocycles. The van der Waals surface area contributed by atoms with Gasteiger partial charge in [0.05, 0.1) is 12.2 Å². The molecule has 0 aliphatic carbocycles. The van der Waals surface area contributed by atoms with Crippen LogP contribution in [0.2, 0.25) is 0 Å². The quantitative estimate of drug-likeness (QED) is 0.671. The number of H-pyrrole nitrogens is 1. The number of imidazole rings is 1. The number of amides is 1. The monoisotopic (exact) mass is 411 g/mol. The van der Waals surface area contributed by atoms with Gasteiger partial charge in [-0.25, -0.2) is 13.8 Å². The van der Waals surface area contributed by atoms with E-state index in [1.54, 1.807) is 29.4 Å². The van der Waals surface area contributed by atoms with E-state index in [4.69, 9.17) is 0 Å². The number of nitrogens with one attached hydrogen (secondary N) is 1. The van der Waals surface area contributed by atoms with Crippen molar-refractivity contribution in [2.24, 2.45) is 5.41 Å². The van der Waals surface area contributed by atoms with E-state index in [1.165, 1.54) is 12.1 Å². The second kappa shape index (κ2) is 8.36. The molecule has 1 fully saturated rings. The van der Waals surface area contributed by atoms with Crippen LogP contribution in [0.15, 0.2) is 54.9 Å². The molecule has 1 atom stereocenters. The van der Waals surface area contributed by atoms with Crippen LogP contribution in [0, 0.1) is 17.0 Å². The maximum absolute atomic E-state index is 14.2. The molecule has 30 heavy (non-hydrogen) atoms. The molecule has 1 amide bonds. The number of nitrogens with zero attached hydrogens (tertiary/aromatic N) is 2. The second-order valence-electron chi connectivity index (χ2n) is 7.88. The molecule has 0 spiro atoms. The maximum Gasteiger partial charge on any atom is 0.254 e. The zero-order valence-electron chi connectivity index (χ0n) is 16.4. The molecular formula is C23H23F2N3O2. The Kier molecular flexibility index (Phi) is 5.63. The summed E-state index contributed by atoms with van der Waals surface area (Å²) in [4.78, 5) is 22.4. The van der Waals surface area contributed by atoms with Crippen LogP contribution in [-0.2, 0) is 6.42 Å². The highest BCUT2D eigenvalue weighted by molar-refractivity contribution is 6.00. The SMILES string of the molecule is O=C(c1ccccc1-c1ncc[nH]1)N1CCCC(CO)(Cc2ccc(F)cc2F)C1. The third kappa shape index (κ3) is 3.98. The normalized spacial score (nSPS) is 19.1. The third-order valence-corrected chi connectivity index (χ3v) is 5.78. The van der Waals surface area contributed by atoms with Crippen molar-refractivity contribution < 1.29 is 18.7 Å². The molecule has 1 saturated heterocycles. The molecule has 2 N–H and O–H groups in total. The van der Waals surface area contributed by atoms with E-state index in [0.717, 1.165) is 6.07 Å². The van der Waals surface area contributed by atoms with Gasteiger partial charge in [-0.15, -0.1) is 0 Å². The molecule has 4 rings (SSSR count). The molecule has 3 aromatic rings.